The van der Waals surface area contributed by atoms with Crippen molar-refractivity contribution in [3.05, 3.63) is 141 Å². The topological polar surface area (TPSA) is 210 Å². The third-order valence-electron chi connectivity index (χ3n) is 21.8. The number of carbonyl (C=O) groups excluding carboxylic acids is 4. The van der Waals surface area contributed by atoms with Crippen LogP contribution in [0, 0.1) is 23.7 Å². The summed E-state index contributed by atoms with van der Waals surface area (Å²) in [6.07, 6.45) is 18.4. The lowest BCUT2D eigenvalue weighted by molar-refractivity contribution is -0.146. The van der Waals surface area contributed by atoms with Gasteiger partial charge in [0.1, 0.15) is 23.7 Å². The number of allylic oxidation sites excluding steroid dienone is 2. The van der Waals surface area contributed by atoms with Crippen LogP contribution in [0.5, 0.6) is 11.5 Å². The van der Waals surface area contributed by atoms with Gasteiger partial charge >= 0.3 is 0 Å². The lowest BCUT2D eigenvalue weighted by atomic mass is 9.68. The van der Waals surface area contributed by atoms with E-state index in [4.69, 9.17) is 42.1 Å². The van der Waals surface area contributed by atoms with Crippen molar-refractivity contribution in [1.29, 1.82) is 0 Å². The second-order valence-corrected chi connectivity index (χ2v) is 33.3. The molecular weight excluding hydrogens is 1300 g/mol. The Labute approximate surface area is 578 Å². The number of benzene rings is 4. The van der Waals surface area contributed by atoms with E-state index in [1.54, 1.807) is 88.2 Å². The second kappa shape index (κ2) is 29.7. The summed E-state index contributed by atoms with van der Waals surface area (Å²) in [5.41, 5.74) is 6.53. The first kappa shape index (κ1) is 71.1. The van der Waals surface area contributed by atoms with Gasteiger partial charge in [0.25, 0.3) is 23.6 Å². The van der Waals surface area contributed by atoms with Crippen molar-refractivity contribution < 1.29 is 55.0 Å². The summed E-state index contributed by atoms with van der Waals surface area (Å²) < 4.78 is 84.6. The molecule has 2 spiro atoms. The molecule has 8 aliphatic rings. The van der Waals surface area contributed by atoms with Crippen LogP contribution in [0.2, 0.25) is 10.0 Å². The molecule has 4 amide bonds. The number of hydrogen-bond acceptors (Lipinski definition) is 14. The molecule has 2 fully saturated rings. The molecule has 2 N–H and O–H groups in total. The highest BCUT2D eigenvalue weighted by Gasteiger charge is 2.48. The Morgan fingerprint density at radius 3 is 1.36 bits per heavy atom. The molecule has 520 valence electrons. The Morgan fingerprint density at radius 2 is 1.00 bits per heavy atom. The van der Waals surface area contributed by atoms with Gasteiger partial charge in [-0.15, -0.1) is 0 Å². The average molecular weight is 1400 g/mol. The fourth-order valence-corrected chi connectivity index (χ4v) is 19.4. The number of carbonyl (C=O) groups is 4. The lowest BCUT2D eigenvalue weighted by Crippen LogP contribution is -2.50. The van der Waals surface area contributed by atoms with Gasteiger partial charge in [-0.2, -0.15) is 0 Å². The van der Waals surface area contributed by atoms with Crippen molar-refractivity contribution in [2.24, 2.45) is 23.7 Å². The molecule has 0 aromatic heterocycles. The van der Waals surface area contributed by atoms with Gasteiger partial charge in [-0.3, -0.25) is 19.2 Å². The largest absolute Gasteiger partial charge is 0.490 e. The molecule has 12 atom stereocenters. The van der Waals surface area contributed by atoms with Gasteiger partial charge in [0.05, 0.1) is 47.3 Å². The first-order valence-corrected chi connectivity index (χ1v) is 38.5. The number of fused-ring (bicyclic) bond motifs is 8. The van der Waals surface area contributed by atoms with Crippen LogP contribution in [0.15, 0.2) is 97.1 Å². The zero-order valence-corrected chi connectivity index (χ0v) is 60.0. The zero-order chi connectivity index (χ0) is 68.4. The fourth-order valence-electron chi connectivity index (χ4n) is 16.2. The Kier molecular flexibility index (Phi) is 22.0. The second-order valence-electron chi connectivity index (χ2n) is 28.6. The Morgan fingerprint density at radius 1 is 0.594 bits per heavy atom. The third-order valence-corrected chi connectivity index (χ3v) is 26.1. The van der Waals surface area contributed by atoms with Crippen molar-refractivity contribution in [3.63, 3.8) is 0 Å². The minimum Gasteiger partial charge on any atom is -0.490 e. The maximum absolute atomic E-state index is 13.5. The fraction of sp³-hybridized carbons (Fsp3) is 0.568. The van der Waals surface area contributed by atoms with E-state index in [9.17, 15) is 36.0 Å². The molecule has 0 saturated heterocycles. The molecule has 18 nitrogen and oxygen atoms in total. The predicted molar refractivity (Wildman–Crippen MR) is 377 cm³/mol. The number of aryl methyl sites for hydroxylation is 2. The van der Waals surface area contributed by atoms with E-state index in [2.05, 4.69) is 43.5 Å². The third kappa shape index (κ3) is 15.3. The van der Waals surface area contributed by atoms with E-state index in [1.807, 2.05) is 50.3 Å². The summed E-state index contributed by atoms with van der Waals surface area (Å²) in [7, 11) is -0.945. The molecule has 0 unspecified atom stereocenters. The summed E-state index contributed by atoms with van der Waals surface area (Å²) in [4.78, 5) is 60.5. The Hall–Kier alpha value is -6.16. The van der Waals surface area contributed by atoms with E-state index >= 15 is 0 Å². The van der Waals surface area contributed by atoms with E-state index < -0.39 is 54.6 Å². The Bertz CT molecular complexity index is 3600. The van der Waals surface area contributed by atoms with Crippen molar-refractivity contribution in [3.8, 4) is 11.5 Å². The number of rotatable bonds is 8. The highest BCUT2D eigenvalue weighted by Crippen LogP contribution is 2.50. The van der Waals surface area contributed by atoms with Crippen molar-refractivity contribution >= 4 is 78.3 Å². The number of ether oxygens (including phenoxy) is 4. The predicted octanol–water partition coefficient (Wildman–Crippen LogP) is 11.8. The summed E-state index contributed by atoms with van der Waals surface area (Å²) >= 11 is 12.9. The van der Waals surface area contributed by atoms with Gasteiger partial charge in [0.15, 0.2) is 0 Å². The number of sulfonamides is 2. The van der Waals surface area contributed by atoms with Crippen LogP contribution in [-0.2, 0) is 62.8 Å². The highest BCUT2D eigenvalue weighted by molar-refractivity contribution is 7.91. The normalized spacial score (nSPS) is 29.6. The van der Waals surface area contributed by atoms with Crippen LogP contribution >= 0.6 is 23.2 Å². The van der Waals surface area contributed by atoms with Crippen LogP contribution in [-0.4, -0.2) is 153 Å². The molecular formula is C74H96Cl2N6O12S2. The van der Waals surface area contributed by atoms with Gasteiger partial charge < -0.3 is 38.5 Å². The molecule has 4 aliphatic heterocycles. The van der Waals surface area contributed by atoms with Gasteiger partial charge in [-0.05, 0) is 223 Å². The molecule has 4 heterocycles. The first-order chi connectivity index (χ1) is 45.8. The quantitative estimate of drug-likeness (QED) is 0.157. The number of amides is 4. The van der Waals surface area contributed by atoms with Crippen LogP contribution < -0.4 is 28.7 Å². The summed E-state index contributed by atoms with van der Waals surface area (Å²) in [6.45, 7) is 11.0. The lowest BCUT2D eigenvalue weighted by Gasteiger charge is -2.46. The average Bonchev–Trinajstić information content (AvgIpc) is 1.48. The van der Waals surface area contributed by atoms with Crippen molar-refractivity contribution in [2.45, 2.75) is 176 Å². The van der Waals surface area contributed by atoms with E-state index in [-0.39, 0.29) is 69.7 Å². The smallest absolute Gasteiger partial charge is 0.264 e. The molecule has 12 rings (SSSR count). The molecule has 0 radical (unpaired) electrons. The number of anilines is 2. The van der Waals surface area contributed by atoms with Crippen molar-refractivity contribution in [1.82, 2.24) is 19.2 Å². The first-order valence-electron chi connectivity index (χ1n) is 34.6. The number of hydrogen-bond donors (Lipinski definition) is 2. The maximum Gasteiger partial charge on any atom is 0.264 e. The van der Waals surface area contributed by atoms with E-state index in [0.717, 1.165) is 85.6 Å². The van der Waals surface area contributed by atoms with Gasteiger partial charge in [0.2, 0.25) is 20.0 Å². The molecule has 4 aromatic rings. The summed E-state index contributed by atoms with van der Waals surface area (Å²) in [5.74, 6) is 0.775. The van der Waals surface area contributed by atoms with Crippen LogP contribution in [0.1, 0.15) is 161 Å². The molecule has 4 aliphatic carbocycles. The van der Waals surface area contributed by atoms with E-state index in [1.165, 1.54) is 22.3 Å². The van der Waals surface area contributed by atoms with Crippen LogP contribution in [0.4, 0.5) is 11.4 Å². The van der Waals surface area contributed by atoms with Crippen LogP contribution in [0.25, 0.3) is 0 Å². The Balaban J connectivity index is 0.000000195. The number of nitrogens with zero attached hydrogens (tertiary/aromatic N) is 4. The zero-order valence-electron chi connectivity index (χ0n) is 56.8. The van der Waals surface area contributed by atoms with Gasteiger partial charge in [0, 0.05) is 86.4 Å². The summed E-state index contributed by atoms with van der Waals surface area (Å²) in [6, 6.07) is 22.8. The molecule has 22 heteroatoms. The molecule has 96 heavy (non-hydrogen) atoms. The standard InChI is InChI=1S/2C37H48ClN3O6S/c2*1-5-29-10-6-7-11-33(47-24(2)36(43)40(3)4)30-15-12-27(30)21-41-22-37(18-8-9-25-19-28(38)14-16-31(25)37)23-46-34-17-13-26(20-32(34)41)35(42)39-48(29,44)45/h2*7,11,13-14,16-17,19-20,24,27,29-30,33H,5-6,8-10,12,15,18,21-23H2,1-4H3,(H,39,42)/b2*11-7+/t24-,27+,29-,30-,33+,37+;24-,27-,29+,30+,33-,37-/m10/s1. The summed E-state index contributed by atoms with van der Waals surface area (Å²) in [5, 5.41) is -0.0141. The highest BCUT2D eigenvalue weighted by atomic mass is 35.5. The number of likely N-dealkylation sites (N-methyl/N-ethyl adjacent to an activating group) is 2. The number of halogens is 2. The van der Waals surface area contributed by atoms with Gasteiger partial charge in [-0.1, -0.05) is 73.5 Å². The molecule has 4 bridgehead atoms. The minimum atomic E-state index is -3.93. The maximum atomic E-state index is 13.5. The molecule has 4 aromatic carbocycles. The monoisotopic (exact) mass is 1390 g/mol. The molecule has 2 saturated carbocycles. The van der Waals surface area contributed by atoms with E-state index in [0.29, 0.717) is 89.4 Å². The van der Waals surface area contributed by atoms with Gasteiger partial charge in [-0.25, -0.2) is 26.3 Å². The number of nitrogens with one attached hydrogen (secondary N) is 2. The minimum absolute atomic E-state index is 0.0940. The van der Waals surface area contributed by atoms with Crippen molar-refractivity contribution in [2.75, 3.05) is 77.4 Å². The van der Waals surface area contributed by atoms with Crippen LogP contribution in [0.3, 0.4) is 0 Å². The SMILES string of the molecule is CC[C@@H]1CC/C=C/[C@H](O[C@@H](C)C(=O)N(C)C)[C@@H]2CC[C@H]2CN2C[C@@]3(CCCc4cc(Cl)ccc43)COc3ccc(cc32)C(=O)NS1(=O)=O.CC[C@@H]1CC/C=C/[C@H](O[C@H](C)C(=O)N(C)C)[C@@H]2CC[C@H]2CN2C[C@@]3(CCCc4cc(Cl)ccc43)COc3ccc(cc32)C(=O)NS1(=O)=O.